The van der Waals surface area contributed by atoms with Gasteiger partial charge in [0, 0.05) is 35.5 Å². The first kappa shape index (κ1) is 21.3. The molecule has 0 fully saturated rings. The van der Waals surface area contributed by atoms with E-state index >= 15 is 0 Å². The fourth-order valence-electron chi connectivity index (χ4n) is 3.48. The molecule has 0 atom stereocenters. The summed E-state index contributed by atoms with van der Waals surface area (Å²) >= 11 is 6.38. The number of methoxy groups -OCH3 is 3. The quantitative estimate of drug-likeness (QED) is 0.356. The number of aromatic nitrogens is 2. The Kier molecular flexibility index (Phi) is 6.04. The maximum Gasteiger partial charge on any atom is 0.323 e. The molecule has 4 rings (SSSR count). The van der Waals surface area contributed by atoms with E-state index in [1.165, 1.54) is 21.3 Å². The molecule has 2 heterocycles. The van der Waals surface area contributed by atoms with Gasteiger partial charge in [0.2, 0.25) is 5.75 Å². The van der Waals surface area contributed by atoms with Crippen molar-refractivity contribution < 1.29 is 19.0 Å². The Morgan fingerprint density at radius 3 is 2.28 bits per heavy atom. The maximum atomic E-state index is 13.0. The molecule has 2 aromatic heterocycles. The van der Waals surface area contributed by atoms with Gasteiger partial charge < -0.3 is 29.8 Å². The van der Waals surface area contributed by atoms with Gasteiger partial charge in [0.25, 0.3) is 0 Å². The smallest absolute Gasteiger partial charge is 0.323 e. The Labute approximate surface area is 189 Å². The molecule has 0 aliphatic rings. The summed E-state index contributed by atoms with van der Waals surface area (Å²) in [7, 11) is 4.54. The summed E-state index contributed by atoms with van der Waals surface area (Å²) in [5.74, 6) is 1.30. The molecule has 0 bridgehead atoms. The number of carbonyl (C=O) groups is 1. The minimum atomic E-state index is -0.449. The van der Waals surface area contributed by atoms with Crippen molar-refractivity contribution in [2.75, 3.05) is 32.0 Å². The lowest BCUT2D eigenvalue weighted by Crippen LogP contribution is -2.19. The molecule has 2 amide bonds. The van der Waals surface area contributed by atoms with Crippen LogP contribution < -0.4 is 24.8 Å². The number of hydrogen-bond acceptors (Lipinski definition) is 5. The zero-order chi connectivity index (χ0) is 22.7. The number of H-pyrrole nitrogens is 1. The molecule has 0 saturated heterocycles. The first-order valence-corrected chi connectivity index (χ1v) is 10.0. The number of amides is 2. The van der Waals surface area contributed by atoms with Crippen molar-refractivity contribution in [3.8, 4) is 28.5 Å². The van der Waals surface area contributed by atoms with Crippen LogP contribution in [0.25, 0.3) is 22.2 Å². The Morgan fingerprint density at radius 2 is 1.66 bits per heavy atom. The lowest BCUT2D eigenvalue weighted by atomic mass is 10.1. The molecule has 3 N–H and O–H groups in total. The average molecular weight is 453 g/mol. The average Bonchev–Trinajstić information content (AvgIpc) is 3.18. The van der Waals surface area contributed by atoms with Gasteiger partial charge >= 0.3 is 6.03 Å². The number of fused-ring (bicyclic) bond motifs is 1. The molecule has 8 nitrogen and oxygen atoms in total. The number of halogens is 1. The SMILES string of the molecule is COc1cc(NC(=O)Nc2c(-c3ccncc3)[nH]c3c(Cl)cccc23)cc(OC)c1OC. The Morgan fingerprint density at radius 1 is 0.969 bits per heavy atom. The minimum absolute atomic E-state index is 0.429. The van der Waals surface area contributed by atoms with Crippen molar-refractivity contribution in [1.82, 2.24) is 9.97 Å². The van der Waals surface area contributed by atoms with Crippen molar-refractivity contribution >= 4 is 39.9 Å². The normalized spacial score (nSPS) is 10.6. The van der Waals surface area contributed by atoms with Gasteiger partial charge in [-0.25, -0.2) is 4.79 Å². The summed E-state index contributed by atoms with van der Waals surface area (Å²) in [6, 6.07) is 12.1. The van der Waals surface area contributed by atoms with Gasteiger partial charge in [0.05, 0.1) is 48.9 Å². The summed E-state index contributed by atoms with van der Waals surface area (Å²) in [6.07, 6.45) is 3.37. The highest BCUT2D eigenvalue weighted by Gasteiger charge is 2.19. The molecular weight excluding hydrogens is 432 g/mol. The third-order valence-electron chi connectivity index (χ3n) is 4.91. The summed E-state index contributed by atoms with van der Waals surface area (Å²) in [4.78, 5) is 20.3. The van der Waals surface area contributed by atoms with Crippen LogP contribution in [0, 0.1) is 0 Å². The number of nitrogens with one attached hydrogen (secondary N) is 3. The Bertz CT molecular complexity index is 1250. The number of ether oxygens (including phenoxy) is 3. The molecule has 0 aliphatic carbocycles. The zero-order valence-electron chi connectivity index (χ0n) is 17.7. The highest BCUT2D eigenvalue weighted by atomic mass is 35.5. The zero-order valence-corrected chi connectivity index (χ0v) is 18.4. The summed E-state index contributed by atoms with van der Waals surface area (Å²) in [5.41, 5.74) is 3.37. The number of pyridine rings is 1. The largest absolute Gasteiger partial charge is 0.493 e. The lowest BCUT2D eigenvalue weighted by molar-refractivity contribution is 0.262. The van der Waals surface area contributed by atoms with Crippen molar-refractivity contribution in [2.24, 2.45) is 0 Å². The molecule has 32 heavy (non-hydrogen) atoms. The molecule has 0 radical (unpaired) electrons. The topological polar surface area (TPSA) is 97.5 Å². The molecule has 0 unspecified atom stereocenters. The number of rotatable bonds is 6. The molecule has 0 saturated carbocycles. The molecular formula is C23H21ClN4O4. The van der Waals surface area contributed by atoms with Gasteiger partial charge in [-0.3, -0.25) is 4.98 Å². The Balaban J connectivity index is 1.70. The first-order chi connectivity index (χ1) is 15.5. The van der Waals surface area contributed by atoms with Crippen LogP contribution in [0.3, 0.4) is 0 Å². The third-order valence-corrected chi connectivity index (χ3v) is 5.23. The van der Waals surface area contributed by atoms with Crippen LogP contribution in [0.1, 0.15) is 0 Å². The van der Waals surface area contributed by atoms with E-state index in [4.69, 9.17) is 25.8 Å². The lowest BCUT2D eigenvalue weighted by Gasteiger charge is -2.15. The van der Waals surface area contributed by atoms with Crippen LogP contribution in [-0.2, 0) is 0 Å². The fraction of sp³-hybridized carbons (Fsp3) is 0.130. The van der Waals surface area contributed by atoms with Gasteiger partial charge in [-0.1, -0.05) is 23.7 Å². The predicted octanol–water partition coefficient (Wildman–Crippen LogP) is 5.55. The monoisotopic (exact) mass is 452 g/mol. The molecule has 2 aromatic carbocycles. The van der Waals surface area contributed by atoms with Crippen LogP contribution in [-0.4, -0.2) is 37.3 Å². The van der Waals surface area contributed by atoms with E-state index < -0.39 is 6.03 Å². The van der Waals surface area contributed by atoms with Crippen LogP contribution in [0.4, 0.5) is 16.2 Å². The van der Waals surface area contributed by atoms with Crippen LogP contribution in [0.15, 0.2) is 54.9 Å². The molecule has 0 spiro atoms. The van der Waals surface area contributed by atoms with Gasteiger partial charge in [0.1, 0.15) is 0 Å². The number of nitrogens with zero attached hydrogens (tertiary/aromatic N) is 1. The number of anilines is 2. The standard InChI is InChI=1S/C23H21ClN4O4/c1-30-17-11-14(12-18(31-2)22(17)32-3)26-23(29)28-21-15-5-4-6-16(24)20(15)27-19(21)13-7-9-25-10-8-13/h4-12,27H,1-3H3,(H2,26,28,29). The Hall–Kier alpha value is -3.91. The predicted molar refractivity (Wildman–Crippen MR) is 125 cm³/mol. The van der Waals surface area contributed by atoms with Crippen LogP contribution in [0.5, 0.6) is 17.2 Å². The summed E-state index contributed by atoms with van der Waals surface area (Å²) in [6.45, 7) is 0. The first-order valence-electron chi connectivity index (χ1n) is 9.64. The van der Waals surface area contributed by atoms with Gasteiger partial charge in [-0.2, -0.15) is 0 Å². The number of hydrogen-bond donors (Lipinski definition) is 3. The molecule has 9 heteroatoms. The number of para-hydroxylation sites is 1. The van der Waals surface area contributed by atoms with E-state index in [9.17, 15) is 4.79 Å². The summed E-state index contributed by atoms with van der Waals surface area (Å²) < 4.78 is 16.0. The number of carbonyl (C=O) groups excluding carboxylic acids is 1. The summed E-state index contributed by atoms with van der Waals surface area (Å²) in [5, 5.41) is 7.09. The third kappa shape index (κ3) is 4.00. The van der Waals surface area contributed by atoms with Crippen molar-refractivity contribution in [2.45, 2.75) is 0 Å². The minimum Gasteiger partial charge on any atom is -0.493 e. The van der Waals surface area contributed by atoms with Crippen molar-refractivity contribution in [1.29, 1.82) is 0 Å². The highest BCUT2D eigenvalue weighted by Crippen LogP contribution is 2.40. The van der Waals surface area contributed by atoms with Crippen molar-refractivity contribution in [3.05, 3.63) is 59.9 Å². The van der Waals surface area contributed by atoms with Gasteiger partial charge in [-0.05, 0) is 18.2 Å². The number of urea groups is 1. The number of aromatic amines is 1. The van der Waals surface area contributed by atoms with E-state index in [2.05, 4.69) is 20.6 Å². The highest BCUT2D eigenvalue weighted by molar-refractivity contribution is 6.36. The second-order valence-corrected chi connectivity index (χ2v) is 7.17. The molecule has 4 aromatic rings. The second-order valence-electron chi connectivity index (χ2n) is 6.77. The maximum absolute atomic E-state index is 13.0. The van der Waals surface area contributed by atoms with E-state index in [0.29, 0.717) is 33.6 Å². The van der Waals surface area contributed by atoms with Gasteiger partial charge in [0.15, 0.2) is 11.5 Å². The van der Waals surface area contributed by atoms with Crippen molar-refractivity contribution in [3.63, 3.8) is 0 Å². The fourth-order valence-corrected chi connectivity index (χ4v) is 3.70. The second kappa shape index (κ2) is 9.07. The van der Waals surface area contributed by atoms with Gasteiger partial charge in [-0.15, -0.1) is 0 Å². The molecule has 0 aliphatic heterocycles. The van der Waals surface area contributed by atoms with E-state index in [1.54, 1.807) is 30.6 Å². The van der Waals surface area contributed by atoms with Crippen LogP contribution >= 0.6 is 11.6 Å². The number of benzene rings is 2. The van der Waals surface area contributed by atoms with E-state index in [-0.39, 0.29) is 0 Å². The molecule has 164 valence electrons. The van der Waals surface area contributed by atoms with Crippen LogP contribution in [0.2, 0.25) is 5.02 Å². The van der Waals surface area contributed by atoms with E-state index in [0.717, 1.165) is 22.2 Å². The van der Waals surface area contributed by atoms with E-state index in [1.807, 2.05) is 24.3 Å².